The molecule has 1 atom stereocenters. The van der Waals surface area contributed by atoms with E-state index in [-0.39, 0.29) is 18.9 Å². The molecule has 0 aliphatic carbocycles. The molecular formula is C18H33N3O6. The van der Waals surface area contributed by atoms with Crippen LogP contribution >= 0.6 is 0 Å². The van der Waals surface area contributed by atoms with Crippen molar-refractivity contribution in [3.05, 3.63) is 0 Å². The molecule has 0 aromatic rings. The summed E-state index contributed by atoms with van der Waals surface area (Å²) in [6, 6.07) is -0.812. The fourth-order valence-electron chi connectivity index (χ4n) is 2.34. The zero-order valence-corrected chi connectivity index (χ0v) is 17.2. The van der Waals surface area contributed by atoms with E-state index in [0.29, 0.717) is 26.3 Å². The second-order valence-electron chi connectivity index (χ2n) is 8.35. The van der Waals surface area contributed by atoms with Gasteiger partial charge in [0.05, 0.1) is 13.2 Å². The van der Waals surface area contributed by atoms with E-state index in [1.807, 2.05) is 0 Å². The van der Waals surface area contributed by atoms with Gasteiger partial charge in [0.15, 0.2) is 0 Å². The van der Waals surface area contributed by atoms with E-state index < -0.39 is 29.4 Å². The zero-order valence-electron chi connectivity index (χ0n) is 17.2. The van der Waals surface area contributed by atoms with Crippen molar-refractivity contribution >= 4 is 18.1 Å². The molecule has 1 heterocycles. The zero-order chi connectivity index (χ0) is 20.7. The molecule has 0 aromatic heterocycles. The van der Waals surface area contributed by atoms with E-state index in [1.54, 1.807) is 46.4 Å². The topological polar surface area (TPSA) is 106 Å². The number of ether oxygens (including phenoxy) is 3. The van der Waals surface area contributed by atoms with Crippen LogP contribution in [0, 0.1) is 0 Å². The van der Waals surface area contributed by atoms with Crippen molar-refractivity contribution in [3.63, 3.8) is 0 Å². The molecule has 156 valence electrons. The first-order valence-corrected chi connectivity index (χ1v) is 9.20. The lowest BCUT2D eigenvalue weighted by molar-refractivity contribution is -0.137. The van der Waals surface area contributed by atoms with Crippen molar-refractivity contribution in [1.82, 2.24) is 15.5 Å². The monoisotopic (exact) mass is 387 g/mol. The summed E-state index contributed by atoms with van der Waals surface area (Å²) in [6.45, 7) is 12.5. The molecule has 9 heteroatoms. The van der Waals surface area contributed by atoms with Crippen molar-refractivity contribution in [2.75, 3.05) is 32.8 Å². The number of carbonyl (C=O) groups excluding carboxylic acids is 3. The number of rotatable bonds is 5. The summed E-state index contributed by atoms with van der Waals surface area (Å²) < 4.78 is 15.7. The number of carbonyl (C=O) groups is 3. The highest BCUT2D eigenvalue weighted by atomic mass is 16.6. The van der Waals surface area contributed by atoms with Crippen LogP contribution in [-0.2, 0) is 19.0 Å². The maximum absolute atomic E-state index is 12.8. The molecule has 1 aliphatic heterocycles. The van der Waals surface area contributed by atoms with Crippen LogP contribution in [0.1, 0.15) is 48.0 Å². The predicted octanol–water partition coefficient (Wildman–Crippen LogP) is 1.65. The highest BCUT2D eigenvalue weighted by Crippen LogP contribution is 2.10. The smallest absolute Gasteiger partial charge is 0.408 e. The normalized spacial score (nSPS) is 16.3. The quantitative estimate of drug-likeness (QED) is 0.743. The number of nitrogens with one attached hydrogen (secondary N) is 2. The minimum absolute atomic E-state index is 0.172. The van der Waals surface area contributed by atoms with E-state index in [1.165, 1.54) is 0 Å². The summed E-state index contributed by atoms with van der Waals surface area (Å²) in [5.74, 6) is -0.227. The largest absolute Gasteiger partial charge is 0.444 e. The minimum Gasteiger partial charge on any atom is -0.444 e. The van der Waals surface area contributed by atoms with Crippen molar-refractivity contribution in [1.29, 1.82) is 0 Å². The summed E-state index contributed by atoms with van der Waals surface area (Å²) in [4.78, 5) is 38.3. The molecule has 1 saturated heterocycles. The molecule has 9 nitrogen and oxygen atoms in total. The Bertz CT molecular complexity index is 518. The first kappa shape index (κ1) is 23.0. The van der Waals surface area contributed by atoms with Crippen molar-refractivity contribution in [2.45, 2.75) is 65.2 Å². The third-order valence-electron chi connectivity index (χ3n) is 3.41. The fraction of sp³-hybridized carbons (Fsp3) is 0.833. The van der Waals surface area contributed by atoms with Crippen molar-refractivity contribution in [3.8, 4) is 0 Å². The standard InChI is InChI=1S/C18H33N3O6/c1-17(2,3)26-15(23)19-8-7-13(20-16(24)27-18(4,5)6)14(22)21-9-11-25-12-10-21/h13H,7-12H2,1-6H3,(H,19,23)(H,20,24)/t13-/m0/s1. The Hall–Kier alpha value is -2.03. The van der Waals surface area contributed by atoms with Gasteiger partial charge in [-0.1, -0.05) is 0 Å². The average Bonchev–Trinajstić information content (AvgIpc) is 2.50. The molecule has 1 aliphatic rings. The van der Waals surface area contributed by atoms with Crippen LogP contribution in [-0.4, -0.2) is 73.1 Å². The van der Waals surface area contributed by atoms with E-state index >= 15 is 0 Å². The number of hydrogen-bond acceptors (Lipinski definition) is 6. The Morgan fingerprint density at radius 2 is 1.48 bits per heavy atom. The Labute approximate surface area is 161 Å². The van der Waals surface area contributed by atoms with Gasteiger partial charge < -0.3 is 29.7 Å². The van der Waals surface area contributed by atoms with Gasteiger partial charge in [-0.25, -0.2) is 9.59 Å². The maximum Gasteiger partial charge on any atom is 0.408 e. The van der Waals surface area contributed by atoms with Crippen molar-refractivity contribution < 1.29 is 28.6 Å². The minimum atomic E-state index is -0.812. The van der Waals surface area contributed by atoms with E-state index in [0.717, 1.165) is 0 Å². The molecule has 0 aromatic carbocycles. The van der Waals surface area contributed by atoms with Gasteiger partial charge >= 0.3 is 12.2 Å². The Kier molecular flexibility index (Phi) is 8.33. The molecule has 0 bridgehead atoms. The molecule has 27 heavy (non-hydrogen) atoms. The number of amides is 3. The van der Waals surface area contributed by atoms with E-state index in [2.05, 4.69) is 10.6 Å². The third kappa shape index (κ3) is 10.0. The fourth-order valence-corrected chi connectivity index (χ4v) is 2.34. The summed E-state index contributed by atoms with van der Waals surface area (Å²) in [7, 11) is 0. The van der Waals surface area contributed by atoms with Crippen LogP contribution in [0.5, 0.6) is 0 Å². The molecule has 0 spiro atoms. The van der Waals surface area contributed by atoms with Crippen LogP contribution < -0.4 is 10.6 Å². The lowest BCUT2D eigenvalue weighted by atomic mass is 10.1. The molecule has 1 fully saturated rings. The van der Waals surface area contributed by atoms with Crippen LogP contribution in [0.25, 0.3) is 0 Å². The highest BCUT2D eigenvalue weighted by Gasteiger charge is 2.29. The van der Waals surface area contributed by atoms with E-state index in [4.69, 9.17) is 14.2 Å². The molecule has 0 unspecified atom stereocenters. The van der Waals surface area contributed by atoms with Gasteiger partial charge in [-0.3, -0.25) is 4.79 Å². The van der Waals surface area contributed by atoms with Gasteiger partial charge in [0.1, 0.15) is 17.2 Å². The summed E-state index contributed by atoms with van der Waals surface area (Å²) in [6.07, 6.45) is -1.03. The second-order valence-corrected chi connectivity index (χ2v) is 8.35. The maximum atomic E-state index is 12.8. The Balaban J connectivity index is 2.65. The van der Waals surface area contributed by atoms with Gasteiger partial charge in [0, 0.05) is 19.6 Å². The van der Waals surface area contributed by atoms with Crippen LogP contribution in [0.4, 0.5) is 9.59 Å². The highest BCUT2D eigenvalue weighted by molar-refractivity contribution is 5.86. The van der Waals surface area contributed by atoms with Crippen molar-refractivity contribution in [2.24, 2.45) is 0 Å². The Morgan fingerprint density at radius 1 is 0.963 bits per heavy atom. The molecule has 1 rings (SSSR count). The summed E-state index contributed by atoms with van der Waals surface area (Å²) in [5, 5.41) is 5.21. The lowest BCUT2D eigenvalue weighted by Gasteiger charge is -2.31. The molecule has 2 N–H and O–H groups in total. The average molecular weight is 387 g/mol. The molecule has 0 saturated carbocycles. The first-order chi connectivity index (χ1) is 12.4. The second kappa shape index (κ2) is 9.77. The summed E-state index contributed by atoms with van der Waals surface area (Å²) in [5.41, 5.74) is -1.28. The number of alkyl carbamates (subject to hydrolysis) is 2. The number of morpholine rings is 1. The van der Waals surface area contributed by atoms with Gasteiger partial charge in [-0.05, 0) is 48.0 Å². The summed E-state index contributed by atoms with van der Waals surface area (Å²) >= 11 is 0. The first-order valence-electron chi connectivity index (χ1n) is 9.20. The SMILES string of the molecule is CC(C)(C)OC(=O)NCC[C@H](NC(=O)OC(C)(C)C)C(=O)N1CCOCC1. The lowest BCUT2D eigenvalue weighted by Crippen LogP contribution is -2.53. The molecule has 3 amide bonds. The third-order valence-corrected chi connectivity index (χ3v) is 3.41. The number of hydrogen-bond donors (Lipinski definition) is 2. The van der Waals surface area contributed by atoms with Gasteiger partial charge in [-0.15, -0.1) is 0 Å². The van der Waals surface area contributed by atoms with Crippen LogP contribution in [0.3, 0.4) is 0 Å². The molecular weight excluding hydrogens is 354 g/mol. The van der Waals surface area contributed by atoms with Gasteiger partial charge in [0.2, 0.25) is 5.91 Å². The van der Waals surface area contributed by atoms with Crippen LogP contribution in [0.2, 0.25) is 0 Å². The number of nitrogens with zero attached hydrogens (tertiary/aromatic N) is 1. The Morgan fingerprint density at radius 3 is 2.00 bits per heavy atom. The van der Waals surface area contributed by atoms with Crippen LogP contribution in [0.15, 0.2) is 0 Å². The van der Waals surface area contributed by atoms with Gasteiger partial charge in [-0.2, -0.15) is 0 Å². The van der Waals surface area contributed by atoms with E-state index in [9.17, 15) is 14.4 Å². The van der Waals surface area contributed by atoms with Gasteiger partial charge in [0.25, 0.3) is 0 Å². The predicted molar refractivity (Wildman–Crippen MR) is 99.4 cm³/mol. The molecule has 0 radical (unpaired) electrons.